The summed E-state index contributed by atoms with van der Waals surface area (Å²) >= 11 is 1.59. The van der Waals surface area contributed by atoms with Gasteiger partial charge in [0.25, 0.3) is 0 Å². The molecule has 1 fully saturated rings. The molecule has 1 aliphatic carbocycles. The maximum atomic E-state index is 12.1. The topological polar surface area (TPSA) is 63.2 Å². The highest BCUT2D eigenvalue weighted by Gasteiger charge is 2.58. The minimum absolute atomic E-state index is 0.0838. The van der Waals surface area contributed by atoms with Gasteiger partial charge in [-0.15, -0.1) is 11.3 Å². The molecule has 6 heteroatoms. The minimum Gasteiger partial charge on any atom is -0.378 e. The first-order chi connectivity index (χ1) is 9.69. The second-order valence-electron chi connectivity index (χ2n) is 6.54. The third kappa shape index (κ3) is 2.92. The Balaban J connectivity index is 1.89. The summed E-state index contributed by atoms with van der Waals surface area (Å²) in [6, 6.07) is -0.122. The van der Waals surface area contributed by atoms with E-state index >= 15 is 0 Å². The SMILES string of the molecule is CO[C@]1(C)C[C@@H](NC(=O)N[C@H](C)c2csc(C)n2)C1(C)C. The van der Waals surface area contributed by atoms with Crippen LogP contribution in [-0.4, -0.2) is 29.8 Å². The van der Waals surface area contributed by atoms with Crippen molar-refractivity contribution in [1.29, 1.82) is 0 Å². The molecule has 2 amide bonds. The zero-order valence-corrected chi connectivity index (χ0v) is 14.4. The molecule has 0 unspecified atom stereocenters. The van der Waals surface area contributed by atoms with E-state index in [-0.39, 0.29) is 29.1 Å². The lowest BCUT2D eigenvalue weighted by molar-refractivity contribution is -0.177. The van der Waals surface area contributed by atoms with Crippen molar-refractivity contribution in [3.8, 4) is 0 Å². The quantitative estimate of drug-likeness (QED) is 0.898. The van der Waals surface area contributed by atoms with Crippen molar-refractivity contribution in [2.45, 2.75) is 58.7 Å². The molecule has 1 aliphatic rings. The molecule has 21 heavy (non-hydrogen) atoms. The van der Waals surface area contributed by atoms with Crippen LogP contribution in [0.3, 0.4) is 0 Å². The predicted octanol–water partition coefficient (Wildman–Crippen LogP) is 3.02. The number of aryl methyl sites for hydroxylation is 1. The smallest absolute Gasteiger partial charge is 0.315 e. The summed E-state index contributed by atoms with van der Waals surface area (Å²) in [5.41, 5.74) is 0.643. The van der Waals surface area contributed by atoms with E-state index in [1.807, 2.05) is 19.2 Å². The Morgan fingerprint density at radius 1 is 1.52 bits per heavy atom. The van der Waals surface area contributed by atoms with E-state index in [1.165, 1.54) is 0 Å². The lowest BCUT2D eigenvalue weighted by Gasteiger charge is -2.59. The Morgan fingerprint density at radius 2 is 2.19 bits per heavy atom. The molecule has 5 nitrogen and oxygen atoms in total. The highest BCUT2D eigenvalue weighted by molar-refractivity contribution is 7.09. The fourth-order valence-electron chi connectivity index (χ4n) is 2.77. The lowest BCUT2D eigenvalue weighted by atomic mass is 9.56. The number of carbonyl (C=O) groups is 1. The second-order valence-corrected chi connectivity index (χ2v) is 7.61. The molecule has 0 aliphatic heterocycles. The number of urea groups is 1. The van der Waals surface area contributed by atoms with E-state index in [1.54, 1.807) is 18.4 Å². The number of aromatic nitrogens is 1. The molecular weight excluding hydrogens is 286 g/mol. The summed E-state index contributed by atoms with van der Waals surface area (Å²) < 4.78 is 5.57. The third-order valence-corrected chi connectivity index (χ3v) is 5.80. The highest BCUT2D eigenvalue weighted by Crippen LogP contribution is 2.51. The summed E-state index contributed by atoms with van der Waals surface area (Å²) in [5, 5.41) is 8.99. The summed E-state index contributed by atoms with van der Waals surface area (Å²) in [7, 11) is 1.73. The lowest BCUT2D eigenvalue weighted by Crippen LogP contribution is -2.69. The second kappa shape index (κ2) is 5.57. The van der Waals surface area contributed by atoms with Gasteiger partial charge in [0, 0.05) is 23.9 Å². The van der Waals surface area contributed by atoms with Crippen molar-refractivity contribution in [2.75, 3.05) is 7.11 Å². The van der Waals surface area contributed by atoms with Crippen LogP contribution in [0.25, 0.3) is 0 Å². The van der Waals surface area contributed by atoms with Crippen LogP contribution < -0.4 is 10.6 Å². The average molecular weight is 311 g/mol. The van der Waals surface area contributed by atoms with Crippen LogP contribution in [-0.2, 0) is 4.74 Å². The van der Waals surface area contributed by atoms with E-state index in [4.69, 9.17) is 4.74 Å². The number of nitrogens with one attached hydrogen (secondary N) is 2. The number of carbonyl (C=O) groups excluding carboxylic acids is 1. The molecule has 0 spiro atoms. The van der Waals surface area contributed by atoms with E-state index in [9.17, 15) is 4.79 Å². The number of hydrogen-bond acceptors (Lipinski definition) is 4. The molecule has 1 heterocycles. The predicted molar refractivity (Wildman–Crippen MR) is 84.5 cm³/mol. The van der Waals surface area contributed by atoms with E-state index in [2.05, 4.69) is 36.4 Å². The molecule has 0 bridgehead atoms. The Labute approximate surface area is 130 Å². The van der Waals surface area contributed by atoms with Gasteiger partial charge >= 0.3 is 6.03 Å². The van der Waals surface area contributed by atoms with E-state index < -0.39 is 0 Å². The summed E-state index contributed by atoms with van der Waals surface area (Å²) in [4.78, 5) is 16.5. The van der Waals surface area contributed by atoms with Crippen LogP contribution in [0.15, 0.2) is 5.38 Å². The Bertz CT molecular complexity index is 529. The number of thiazole rings is 1. The first-order valence-corrected chi connectivity index (χ1v) is 8.12. The van der Waals surface area contributed by atoms with Crippen LogP contribution in [0.1, 0.15) is 50.9 Å². The zero-order valence-electron chi connectivity index (χ0n) is 13.6. The molecule has 0 saturated heterocycles. The molecule has 1 saturated carbocycles. The van der Waals surface area contributed by atoms with Gasteiger partial charge in [-0.1, -0.05) is 13.8 Å². The van der Waals surface area contributed by atoms with Gasteiger partial charge in [-0.05, 0) is 27.2 Å². The normalized spacial score (nSPS) is 28.6. The molecule has 118 valence electrons. The highest BCUT2D eigenvalue weighted by atomic mass is 32.1. The largest absolute Gasteiger partial charge is 0.378 e. The van der Waals surface area contributed by atoms with Crippen LogP contribution >= 0.6 is 11.3 Å². The standard InChI is InChI=1S/C15H25N3O2S/c1-9(11-8-21-10(2)17-11)16-13(19)18-12-7-15(5,20-6)14(12,3)4/h8-9,12H,7H2,1-6H3,(H2,16,18,19)/t9-,12-,15-/m1/s1. The van der Waals surface area contributed by atoms with Crippen molar-refractivity contribution in [1.82, 2.24) is 15.6 Å². The fraction of sp³-hybridized carbons (Fsp3) is 0.733. The van der Waals surface area contributed by atoms with Gasteiger partial charge in [-0.25, -0.2) is 9.78 Å². The van der Waals surface area contributed by atoms with Gasteiger partial charge in [-0.3, -0.25) is 0 Å². The monoisotopic (exact) mass is 311 g/mol. The summed E-state index contributed by atoms with van der Waals surface area (Å²) in [6.07, 6.45) is 0.827. The average Bonchev–Trinajstić information content (AvgIpc) is 2.84. The third-order valence-electron chi connectivity index (χ3n) is 5.01. The summed E-state index contributed by atoms with van der Waals surface area (Å²) in [6.45, 7) is 10.2. The van der Waals surface area contributed by atoms with Crippen LogP contribution in [0, 0.1) is 12.3 Å². The van der Waals surface area contributed by atoms with Crippen molar-refractivity contribution < 1.29 is 9.53 Å². The maximum Gasteiger partial charge on any atom is 0.315 e. The molecule has 3 atom stereocenters. The molecule has 2 rings (SSSR count). The maximum absolute atomic E-state index is 12.1. The van der Waals surface area contributed by atoms with Crippen LogP contribution in [0.5, 0.6) is 0 Å². The van der Waals surface area contributed by atoms with Crippen molar-refractivity contribution in [3.05, 3.63) is 16.1 Å². The van der Waals surface area contributed by atoms with Gasteiger partial charge in [-0.2, -0.15) is 0 Å². The van der Waals surface area contributed by atoms with Gasteiger partial charge in [0.15, 0.2) is 0 Å². The van der Waals surface area contributed by atoms with Crippen LogP contribution in [0.2, 0.25) is 0 Å². The fourth-order valence-corrected chi connectivity index (χ4v) is 3.48. The number of ether oxygens (including phenoxy) is 1. The van der Waals surface area contributed by atoms with Gasteiger partial charge in [0.05, 0.1) is 22.3 Å². The van der Waals surface area contributed by atoms with Gasteiger partial charge < -0.3 is 15.4 Å². The molecule has 0 radical (unpaired) electrons. The van der Waals surface area contributed by atoms with Crippen molar-refractivity contribution in [3.63, 3.8) is 0 Å². The molecular formula is C15H25N3O2S. The first kappa shape index (κ1) is 16.2. The Morgan fingerprint density at radius 3 is 2.67 bits per heavy atom. The van der Waals surface area contributed by atoms with Crippen LogP contribution in [0.4, 0.5) is 4.79 Å². The van der Waals surface area contributed by atoms with Gasteiger partial charge in [0.1, 0.15) is 0 Å². The van der Waals surface area contributed by atoms with Crippen molar-refractivity contribution >= 4 is 17.4 Å². The molecule has 1 aromatic heterocycles. The van der Waals surface area contributed by atoms with Crippen molar-refractivity contribution in [2.24, 2.45) is 5.41 Å². The Hall–Kier alpha value is -1.14. The number of hydrogen-bond donors (Lipinski definition) is 2. The van der Waals surface area contributed by atoms with E-state index in [0.717, 1.165) is 17.1 Å². The van der Waals surface area contributed by atoms with Gasteiger partial charge in [0.2, 0.25) is 0 Å². The van der Waals surface area contributed by atoms with E-state index in [0.29, 0.717) is 0 Å². The first-order valence-electron chi connectivity index (χ1n) is 7.24. The Kier molecular flexibility index (Phi) is 4.31. The number of methoxy groups -OCH3 is 1. The number of nitrogens with zero attached hydrogens (tertiary/aromatic N) is 1. The molecule has 1 aromatic rings. The molecule has 2 N–H and O–H groups in total. The minimum atomic E-state index is -0.178. The number of rotatable bonds is 4. The number of amides is 2. The molecule has 0 aromatic carbocycles. The summed E-state index contributed by atoms with van der Waals surface area (Å²) in [5.74, 6) is 0. The zero-order chi connectivity index (χ0) is 15.8.